The number of hydrogen-bond donors (Lipinski definition) is 2. The Bertz CT molecular complexity index is 532. The summed E-state index contributed by atoms with van der Waals surface area (Å²) in [5, 5.41) is 12.2. The summed E-state index contributed by atoms with van der Waals surface area (Å²) in [7, 11) is 0. The lowest BCUT2D eigenvalue weighted by molar-refractivity contribution is -0.145. The Hall–Kier alpha value is -1.49. The molecule has 4 nitrogen and oxygen atoms in total. The van der Waals surface area contributed by atoms with Crippen LogP contribution in [0.15, 0.2) is 29.2 Å². The van der Waals surface area contributed by atoms with Crippen molar-refractivity contribution in [3.63, 3.8) is 0 Å². The van der Waals surface area contributed by atoms with E-state index in [1.165, 1.54) is 0 Å². The van der Waals surface area contributed by atoms with Crippen molar-refractivity contribution in [2.24, 2.45) is 17.8 Å². The molecule has 0 radical (unpaired) electrons. The molecule has 114 valence electrons. The molecule has 0 heterocycles. The van der Waals surface area contributed by atoms with Gasteiger partial charge in [-0.15, -0.1) is 11.8 Å². The summed E-state index contributed by atoms with van der Waals surface area (Å²) in [6, 6.07) is 7.59. The van der Waals surface area contributed by atoms with Gasteiger partial charge in [0, 0.05) is 4.90 Å². The Morgan fingerprint density at radius 1 is 1.29 bits per heavy atom. The number of aliphatic carboxylic acids is 1. The zero-order valence-corrected chi connectivity index (χ0v) is 13.2. The average molecular weight is 307 g/mol. The number of carbonyl (C=O) groups excluding carboxylic acids is 1. The second-order valence-electron chi connectivity index (χ2n) is 5.49. The van der Waals surface area contributed by atoms with Crippen molar-refractivity contribution in [2.45, 2.75) is 31.1 Å². The Balaban J connectivity index is 2.13. The number of nitrogens with one attached hydrogen (secondary N) is 1. The average Bonchev–Trinajstić information content (AvgIpc) is 2.92. The standard InChI is InChI=1S/C16H21NO3S/c1-3-10-8-11(12(9-10)16(19)20)15(18)17-13-6-4-5-7-14(13)21-2/h4-7,10-12H,3,8-9H2,1-2H3,(H,17,18)(H,19,20). The molecule has 2 N–H and O–H groups in total. The molecule has 1 amide bonds. The van der Waals surface area contributed by atoms with Crippen molar-refractivity contribution < 1.29 is 14.7 Å². The first-order chi connectivity index (χ1) is 10.1. The number of carboxylic acid groups (broad SMARTS) is 1. The van der Waals surface area contributed by atoms with Gasteiger partial charge in [0.05, 0.1) is 17.5 Å². The summed E-state index contributed by atoms with van der Waals surface area (Å²) in [5.41, 5.74) is 0.763. The SMILES string of the molecule is CCC1CC(C(=O)O)C(C(=O)Nc2ccccc2SC)C1. The minimum Gasteiger partial charge on any atom is -0.481 e. The molecule has 0 bridgehead atoms. The fourth-order valence-electron chi connectivity index (χ4n) is 3.01. The topological polar surface area (TPSA) is 66.4 Å². The highest BCUT2D eigenvalue weighted by molar-refractivity contribution is 7.98. The number of benzene rings is 1. The largest absolute Gasteiger partial charge is 0.481 e. The summed E-state index contributed by atoms with van der Waals surface area (Å²) in [5.74, 6) is -1.68. The Morgan fingerprint density at radius 3 is 2.57 bits per heavy atom. The molecule has 1 aliphatic carbocycles. The van der Waals surface area contributed by atoms with E-state index < -0.39 is 17.8 Å². The van der Waals surface area contributed by atoms with E-state index in [-0.39, 0.29) is 5.91 Å². The van der Waals surface area contributed by atoms with Crippen molar-refractivity contribution >= 4 is 29.3 Å². The first kappa shape index (κ1) is 15.9. The maximum absolute atomic E-state index is 12.5. The highest BCUT2D eigenvalue weighted by Crippen LogP contribution is 2.39. The van der Waals surface area contributed by atoms with Crippen LogP contribution in [0.1, 0.15) is 26.2 Å². The van der Waals surface area contributed by atoms with Crippen LogP contribution in [-0.4, -0.2) is 23.2 Å². The molecule has 1 aliphatic rings. The molecule has 3 unspecified atom stereocenters. The molecule has 1 aromatic carbocycles. The molecule has 21 heavy (non-hydrogen) atoms. The van der Waals surface area contributed by atoms with Gasteiger partial charge in [-0.2, -0.15) is 0 Å². The van der Waals surface area contributed by atoms with Gasteiger partial charge in [-0.05, 0) is 37.1 Å². The second-order valence-corrected chi connectivity index (χ2v) is 6.33. The Morgan fingerprint density at radius 2 is 1.95 bits per heavy atom. The Kier molecular flexibility index (Phi) is 5.28. The van der Waals surface area contributed by atoms with E-state index in [2.05, 4.69) is 5.32 Å². The van der Waals surface area contributed by atoms with Gasteiger partial charge in [0.25, 0.3) is 0 Å². The van der Waals surface area contributed by atoms with Gasteiger partial charge in [-0.1, -0.05) is 25.5 Å². The lowest BCUT2D eigenvalue weighted by Gasteiger charge is -2.16. The van der Waals surface area contributed by atoms with Gasteiger partial charge in [-0.25, -0.2) is 0 Å². The maximum Gasteiger partial charge on any atom is 0.307 e. The number of carbonyl (C=O) groups is 2. The predicted molar refractivity (Wildman–Crippen MR) is 84.5 cm³/mol. The molecule has 0 aliphatic heterocycles. The molecule has 0 aromatic heterocycles. The third-order valence-corrected chi connectivity index (χ3v) is 5.05. The van der Waals surface area contributed by atoms with Crippen molar-refractivity contribution in [3.8, 4) is 0 Å². The number of rotatable bonds is 5. The van der Waals surface area contributed by atoms with E-state index in [9.17, 15) is 14.7 Å². The quantitative estimate of drug-likeness (QED) is 0.817. The van der Waals surface area contributed by atoms with Crippen molar-refractivity contribution in [1.29, 1.82) is 0 Å². The summed E-state index contributed by atoms with van der Waals surface area (Å²) in [6.45, 7) is 2.05. The second kappa shape index (κ2) is 6.98. The minimum atomic E-state index is -0.857. The fourth-order valence-corrected chi connectivity index (χ4v) is 3.57. The van der Waals surface area contributed by atoms with Gasteiger partial charge in [0.1, 0.15) is 0 Å². The van der Waals surface area contributed by atoms with Crippen molar-refractivity contribution in [3.05, 3.63) is 24.3 Å². The third kappa shape index (κ3) is 3.59. The number of thioether (sulfide) groups is 1. The van der Waals surface area contributed by atoms with Crippen LogP contribution in [0.3, 0.4) is 0 Å². The fraction of sp³-hybridized carbons (Fsp3) is 0.500. The number of para-hydroxylation sites is 1. The highest BCUT2D eigenvalue weighted by atomic mass is 32.2. The van der Waals surface area contributed by atoms with Crippen LogP contribution < -0.4 is 5.32 Å². The molecule has 1 fully saturated rings. The van der Waals surface area contributed by atoms with E-state index in [1.54, 1.807) is 11.8 Å². The van der Waals surface area contributed by atoms with Crippen LogP contribution in [0.4, 0.5) is 5.69 Å². The minimum absolute atomic E-state index is 0.167. The zero-order valence-electron chi connectivity index (χ0n) is 12.3. The van der Waals surface area contributed by atoms with Gasteiger partial charge < -0.3 is 10.4 Å². The van der Waals surface area contributed by atoms with Crippen molar-refractivity contribution in [2.75, 3.05) is 11.6 Å². The van der Waals surface area contributed by atoms with Crippen LogP contribution >= 0.6 is 11.8 Å². The Labute approximate surface area is 129 Å². The van der Waals surface area contributed by atoms with Gasteiger partial charge in [0.15, 0.2) is 0 Å². The first-order valence-corrected chi connectivity index (χ1v) is 8.46. The predicted octanol–water partition coefficient (Wildman–Crippen LogP) is 3.48. The molecule has 0 spiro atoms. The lowest BCUT2D eigenvalue weighted by Crippen LogP contribution is -2.30. The van der Waals surface area contributed by atoms with Crippen molar-refractivity contribution in [1.82, 2.24) is 0 Å². The molecule has 0 saturated heterocycles. The maximum atomic E-state index is 12.5. The summed E-state index contributed by atoms with van der Waals surface area (Å²) in [6.07, 6.45) is 4.15. The summed E-state index contributed by atoms with van der Waals surface area (Å²) in [4.78, 5) is 24.8. The number of carboxylic acids is 1. The summed E-state index contributed by atoms with van der Waals surface area (Å²) < 4.78 is 0. The molecule has 3 atom stereocenters. The van der Waals surface area contributed by atoms with Crippen LogP contribution in [0.2, 0.25) is 0 Å². The van der Waals surface area contributed by atoms with Crippen LogP contribution in [0, 0.1) is 17.8 Å². The molecular weight excluding hydrogens is 286 g/mol. The highest BCUT2D eigenvalue weighted by Gasteiger charge is 2.42. The van der Waals surface area contributed by atoms with Gasteiger partial charge in [0.2, 0.25) is 5.91 Å². The molecule has 1 aromatic rings. The molecule has 2 rings (SSSR count). The lowest BCUT2D eigenvalue weighted by atomic mass is 9.95. The monoisotopic (exact) mass is 307 g/mol. The molecule has 1 saturated carbocycles. The third-order valence-electron chi connectivity index (χ3n) is 4.26. The smallest absolute Gasteiger partial charge is 0.307 e. The number of amides is 1. The van der Waals surface area contributed by atoms with Crippen LogP contribution in [0.5, 0.6) is 0 Å². The van der Waals surface area contributed by atoms with E-state index in [0.29, 0.717) is 18.8 Å². The zero-order chi connectivity index (χ0) is 15.4. The van der Waals surface area contributed by atoms with E-state index in [4.69, 9.17) is 0 Å². The van der Waals surface area contributed by atoms with E-state index in [1.807, 2.05) is 37.4 Å². The number of anilines is 1. The van der Waals surface area contributed by atoms with E-state index >= 15 is 0 Å². The van der Waals surface area contributed by atoms with Crippen LogP contribution in [-0.2, 0) is 9.59 Å². The van der Waals surface area contributed by atoms with Crippen LogP contribution in [0.25, 0.3) is 0 Å². The molecular formula is C16H21NO3S. The first-order valence-electron chi connectivity index (χ1n) is 7.23. The summed E-state index contributed by atoms with van der Waals surface area (Å²) >= 11 is 1.56. The number of hydrogen-bond acceptors (Lipinski definition) is 3. The van der Waals surface area contributed by atoms with Gasteiger partial charge >= 0.3 is 5.97 Å². The molecule has 5 heteroatoms. The van der Waals surface area contributed by atoms with Gasteiger partial charge in [-0.3, -0.25) is 9.59 Å². The normalized spacial score (nSPS) is 24.8. The van der Waals surface area contributed by atoms with E-state index in [0.717, 1.165) is 17.0 Å².